The molecule has 0 spiro atoms. The minimum atomic E-state index is 0.0860. The number of rotatable bonds is 4. The van der Waals surface area contributed by atoms with Crippen molar-refractivity contribution in [2.45, 2.75) is 6.92 Å². The lowest BCUT2D eigenvalue weighted by atomic mass is 10.2. The van der Waals surface area contributed by atoms with E-state index in [0.717, 1.165) is 39.9 Å². The summed E-state index contributed by atoms with van der Waals surface area (Å²) in [5.74, 6) is 0.0860. The quantitative estimate of drug-likeness (QED) is 0.764. The van der Waals surface area contributed by atoms with Gasteiger partial charge in [-0.1, -0.05) is 41.7 Å². The molecule has 1 amide bonds. The van der Waals surface area contributed by atoms with E-state index in [-0.39, 0.29) is 12.5 Å². The van der Waals surface area contributed by atoms with E-state index in [1.165, 1.54) is 11.3 Å². The third-order valence-corrected chi connectivity index (χ3v) is 6.04. The van der Waals surface area contributed by atoms with Crippen LogP contribution in [0.15, 0.2) is 36.5 Å². The number of carbonyl (C=O) groups is 1. The molecule has 6 nitrogen and oxygen atoms in total. The second kappa shape index (κ2) is 7.19. The molecule has 0 unspecified atom stereocenters. The second-order valence-electron chi connectivity index (χ2n) is 6.52. The lowest BCUT2D eigenvalue weighted by molar-refractivity contribution is 0.0618. The normalized spacial score (nSPS) is 15.7. The number of hydrogen-bond donors (Lipinski definition) is 1. The molecule has 3 aromatic rings. The number of aryl methyl sites for hydroxylation is 1. The monoisotopic (exact) mass is 370 g/mol. The molecule has 2 aromatic heterocycles. The van der Waals surface area contributed by atoms with Gasteiger partial charge in [0.15, 0.2) is 4.96 Å². The molecular weight excluding hydrogens is 348 g/mol. The van der Waals surface area contributed by atoms with Gasteiger partial charge in [0, 0.05) is 50.2 Å². The summed E-state index contributed by atoms with van der Waals surface area (Å²) in [5.41, 5.74) is 2.95. The van der Waals surface area contributed by atoms with Crippen LogP contribution in [-0.4, -0.2) is 69.5 Å². The van der Waals surface area contributed by atoms with Crippen molar-refractivity contribution in [3.8, 4) is 11.3 Å². The molecule has 1 aromatic carbocycles. The topological polar surface area (TPSA) is 61.1 Å². The first-order valence-electron chi connectivity index (χ1n) is 8.84. The van der Waals surface area contributed by atoms with Crippen molar-refractivity contribution < 1.29 is 9.90 Å². The van der Waals surface area contributed by atoms with Gasteiger partial charge in [0.25, 0.3) is 5.91 Å². The Labute approximate surface area is 156 Å². The zero-order valence-corrected chi connectivity index (χ0v) is 15.6. The van der Waals surface area contributed by atoms with Crippen molar-refractivity contribution in [2.75, 3.05) is 39.3 Å². The van der Waals surface area contributed by atoms with E-state index in [1.54, 1.807) is 0 Å². The van der Waals surface area contributed by atoms with Crippen molar-refractivity contribution in [1.29, 1.82) is 0 Å². The highest BCUT2D eigenvalue weighted by Crippen LogP contribution is 2.28. The first-order valence-corrected chi connectivity index (χ1v) is 9.65. The SMILES string of the molecule is Cc1c(C(=O)N2CCN(CCO)CC2)sc2nc(-c3ccccc3)cn12. The molecule has 0 bridgehead atoms. The second-order valence-corrected chi connectivity index (χ2v) is 7.50. The minimum absolute atomic E-state index is 0.0860. The van der Waals surface area contributed by atoms with Gasteiger partial charge in [0.1, 0.15) is 4.88 Å². The molecule has 1 N–H and O–H groups in total. The number of aliphatic hydroxyl groups excluding tert-OH is 1. The Balaban J connectivity index is 1.55. The van der Waals surface area contributed by atoms with Crippen LogP contribution >= 0.6 is 11.3 Å². The smallest absolute Gasteiger partial charge is 0.265 e. The van der Waals surface area contributed by atoms with Crippen LogP contribution in [0.5, 0.6) is 0 Å². The van der Waals surface area contributed by atoms with Gasteiger partial charge in [-0.25, -0.2) is 4.98 Å². The highest BCUT2D eigenvalue weighted by atomic mass is 32.1. The van der Waals surface area contributed by atoms with Gasteiger partial charge in [-0.15, -0.1) is 0 Å². The first-order chi connectivity index (χ1) is 12.7. The van der Waals surface area contributed by atoms with E-state index in [9.17, 15) is 4.79 Å². The Bertz CT molecular complexity index is 910. The third-order valence-electron chi connectivity index (χ3n) is 4.90. The zero-order valence-electron chi connectivity index (χ0n) is 14.8. The fourth-order valence-corrected chi connectivity index (χ4v) is 4.43. The largest absolute Gasteiger partial charge is 0.395 e. The van der Waals surface area contributed by atoms with Crippen molar-refractivity contribution >= 4 is 22.2 Å². The molecular formula is C19H22N4O2S. The maximum absolute atomic E-state index is 12.9. The number of carbonyl (C=O) groups excluding carboxylic acids is 1. The standard InChI is InChI=1S/C19H22N4O2S/c1-14-17(18(25)22-9-7-21(8-10-22)11-12-24)26-19-20-16(13-23(14)19)15-5-3-2-4-6-15/h2-6,13,24H,7-12H2,1H3. The highest BCUT2D eigenvalue weighted by molar-refractivity contribution is 7.19. The van der Waals surface area contributed by atoms with E-state index in [0.29, 0.717) is 19.6 Å². The predicted octanol–water partition coefficient (Wildman–Crippen LogP) is 2.12. The first kappa shape index (κ1) is 17.2. The van der Waals surface area contributed by atoms with Gasteiger partial charge in [0.05, 0.1) is 12.3 Å². The number of aliphatic hydroxyl groups is 1. The van der Waals surface area contributed by atoms with Gasteiger partial charge in [-0.05, 0) is 6.92 Å². The predicted molar refractivity (Wildman–Crippen MR) is 103 cm³/mol. The van der Waals surface area contributed by atoms with Crippen LogP contribution in [0.3, 0.4) is 0 Å². The van der Waals surface area contributed by atoms with Crippen molar-refractivity contribution in [1.82, 2.24) is 19.2 Å². The molecule has 26 heavy (non-hydrogen) atoms. The maximum Gasteiger partial charge on any atom is 0.265 e. The van der Waals surface area contributed by atoms with Crippen molar-refractivity contribution in [3.63, 3.8) is 0 Å². The number of aromatic nitrogens is 2. The average molecular weight is 370 g/mol. The Morgan fingerprint density at radius 2 is 1.92 bits per heavy atom. The number of β-amino-alcohol motifs (C(OH)–C–C–N with tert-alkyl or cyclic N) is 1. The number of imidazole rings is 1. The van der Waals surface area contributed by atoms with Gasteiger partial charge < -0.3 is 10.0 Å². The molecule has 3 heterocycles. The molecule has 0 atom stereocenters. The van der Waals surface area contributed by atoms with Gasteiger partial charge in [-0.2, -0.15) is 0 Å². The number of benzene rings is 1. The molecule has 136 valence electrons. The molecule has 1 fully saturated rings. The molecule has 1 aliphatic rings. The van der Waals surface area contributed by atoms with Gasteiger partial charge in [-0.3, -0.25) is 14.1 Å². The lowest BCUT2D eigenvalue weighted by Crippen LogP contribution is -2.49. The number of thiazole rings is 1. The summed E-state index contributed by atoms with van der Waals surface area (Å²) < 4.78 is 2.02. The van der Waals surface area contributed by atoms with Gasteiger partial charge in [0.2, 0.25) is 0 Å². The summed E-state index contributed by atoms with van der Waals surface area (Å²) in [6.45, 7) is 5.85. The maximum atomic E-state index is 12.9. The van der Waals surface area contributed by atoms with Crippen molar-refractivity contribution in [3.05, 3.63) is 47.1 Å². The molecule has 4 rings (SSSR count). The fraction of sp³-hybridized carbons (Fsp3) is 0.368. The summed E-state index contributed by atoms with van der Waals surface area (Å²) in [5, 5.41) is 9.04. The minimum Gasteiger partial charge on any atom is -0.395 e. The Hall–Kier alpha value is -2.22. The fourth-order valence-electron chi connectivity index (χ4n) is 3.36. The Morgan fingerprint density at radius 3 is 2.58 bits per heavy atom. The number of fused-ring (bicyclic) bond motifs is 1. The van der Waals surface area contributed by atoms with Crippen LogP contribution in [0.1, 0.15) is 15.4 Å². The van der Waals surface area contributed by atoms with Crippen LogP contribution in [0, 0.1) is 6.92 Å². The third kappa shape index (κ3) is 3.13. The average Bonchev–Trinajstić information content (AvgIpc) is 3.22. The Morgan fingerprint density at radius 1 is 1.19 bits per heavy atom. The number of nitrogens with zero attached hydrogens (tertiary/aromatic N) is 4. The van der Waals surface area contributed by atoms with E-state index in [2.05, 4.69) is 4.90 Å². The number of piperazine rings is 1. The van der Waals surface area contributed by atoms with E-state index in [4.69, 9.17) is 10.1 Å². The molecule has 0 saturated carbocycles. The van der Waals surface area contributed by atoms with Crippen molar-refractivity contribution in [2.24, 2.45) is 0 Å². The summed E-state index contributed by atoms with van der Waals surface area (Å²) in [6.07, 6.45) is 2.01. The molecule has 0 aliphatic carbocycles. The zero-order chi connectivity index (χ0) is 18.1. The van der Waals surface area contributed by atoms with Crippen LogP contribution in [0.25, 0.3) is 16.2 Å². The van der Waals surface area contributed by atoms with Crippen LogP contribution < -0.4 is 0 Å². The van der Waals surface area contributed by atoms with E-state index >= 15 is 0 Å². The summed E-state index contributed by atoms with van der Waals surface area (Å²) >= 11 is 1.46. The number of hydrogen-bond acceptors (Lipinski definition) is 5. The highest BCUT2D eigenvalue weighted by Gasteiger charge is 2.26. The molecule has 7 heteroatoms. The summed E-state index contributed by atoms with van der Waals surface area (Å²) in [4.78, 5) is 23.3. The van der Waals surface area contributed by atoms with E-state index < -0.39 is 0 Å². The van der Waals surface area contributed by atoms with Crippen LogP contribution in [-0.2, 0) is 0 Å². The number of amides is 1. The lowest BCUT2D eigenvalue weighted by Gasteiger charge is -2.34. The summed E-state index contributed by atoms with van der Waals surface area (Å²) in [6, 6.07) is 10.1. The van der Waals surface area contributed by atoms with Crippen LogP contribution in [0.4, 0.5) is 0 Å². The van der Waals surface area contributed by atoms with Crippen LogP contribution in [0.2, 0.25) is 0 Å². The summed E-state index contributed by atoms with van der Waals surface area (Å²) in [7, 11) is 0. The Kier molecular flexibility index (Phi) is 4.76. The molecule has 1 aliphatic heterocycles. The molecule has 1 saturated heterocycles. The van der Waals surface area contributed by atoms with Gasteiger partial charge >= 0.3 is 0 Å². The van der Waals surface area contributed by atoms with E-state index in [1.807, 2.05) is 52.8 Å². The molecule has 0 radical (unpaired) electrons.